The van der Waals surface area contributed by atoms with Gasteiger partial charge in [0, 0.05) is 0 Å². The second kappa shape index (κ2) is 7.85. The van der Waals surface area contributed by atoms with Gasteiger partial charge < -0.3 is 0 Å². The Kier molecular flexibility index (Phi) is 5.75. The molecule has 2 aromatic rings. The van der Waals surface area contributed by atoms with Crippen LogP contribution in [0.3, 0.4) is 0 Å². The lowest BCUT2D eigenvalue weighted by Crippen LogP contribution is -2.30. The van der Waals surface area contributed by atoms with E-state index in [0.717, 1.165) is 29.3 Å². The third-order valence-electron chi connectivity index (χ3n) is 3.96. The summed E-state index contributed by atoms with van der Waals surface area (Å²) >= 11 is 6.05. The molecule has 30 heavy (non-hydrogen) atoms. The first-order valence-electron chi connectivity index (χ1n) is 8.02. The summed E-state index contributed by atoms with van der Waals surface area (Å²) in [4.78, 5) is 11.9. The summed E-state index contributed by atoms with van der Waals surface area (Å²) in [6.07, 6.45) is 0. The maximum Gasteiger partial charge on any atom is 0.294 e. The number of anilines is 1. The van der Waals surface area contributed by atoms with Crippen molar-refractivity contribution in [1.82, 2.24) is 0 Å². The Morgan fingerprint density at radius 1 is 1.00 bits per heavy atom. The lowest BCUT2D eigenvalue weighted by atomic mass is 10.2. The zero-order valence-electron chi connectivity index (χ0n) is 15.0. The van der Waals surface area contributed by atoms with Crippen LogP contribution < -0.4 is 5.01 Å². The smallest absolute Gasteiger partial charge is 0.282 e. The van der Waals surface area contributed by atoms with Crippen molar-refractivity contribution in [3.05, 3.63) is 47.5 Å². The molecule has 1 amide bonds. The van der Waals surface area contributed by atoms with Crippen LogP contribution in [0.1, 0.15) is 6.92 Å². The molecule has 0 bridgehead atoms. The fraction of sp³-hybridized carbons (Fsp3) is 0.125. The Labute approximate surface area is 176 Å². The average Bonchev–Trinajstić information content (AvgIpc) is 2.93. The van der Waals surface area contributed by atoms with E-state index in [9.17, 15) is 26.2 Å². The highest BCUT2D eigenvalue weighted by Crippen LogP contribution is 2.32. The molecule has 0 saturated heterocycles. The summed E-state index contributed by atoms with van der Waals surface area (Å²) in [6.45, 7) is 1.50. The van der Waals surface area contributed by atoms with Crippen LogP contribution in [-0.4, -0.2) is 43.6 Å². The van der Waals surface area contributed by atoms with Crippen LogP contribution in [0.15, 0.2) is 67.6 Å². The number of hydrazone groups is 1. The predicted molar refractivity (Wildman–Crippen MR) is 106 cm³/mol. The predicted octanol–water partition coefficient (Wildman–Crippen LogP) is 2.71. The Bertz CT molecular complexity index is 1290. The van der Waals surface area contributed by atoms with Gasteiger partial charge in [0.05, 0.1) is 31.9 Å². The highest BCUT2D eigenvalue weighted by molar-refractivity contribution is 7.86. The van der Waals surface area contributed by atoms with Crippen LogP contribution in [-0.2, 0) is 25.0 Å². The number of hydrogen-bond acceptors (Lipinski definition) is 8. The molecule has 0 aromatic heterocycles. The third kappa shape index (κ3) is 4.55. The molecule has 2 aromatic carbocycles. The molecule has 14 heteroatoms. The van der Waals surface area contributed by atoms with Crippen molar-refractivity contribution < 1.29 is 30.7 Å². The molecule has 2 N–H and O–H groups in total. The van der Waals surface area contributed by atoms with Crippen molar-refractivity contribution in [2.24, 2.45) is 15.3 Å². The van der Waals surface area contributed by atoms with Crippen molar-refractivity contribution in [2.75, 3.05) is 5.01 Å². The summed E-state index contributed by atoms with van der Waals surface area (Å²) in [5, 5.41) is 12.7. The Morgan fingerprint density at radius 3 is 2.13 bits per heavy atom. The minimum absolute atomic E-state index is 0.0192. The first-order chi connectivity index (χ1) is 13.9. The van der Waals surface area contributed by atoms with E-state index in [0.29, 0.717) is 0 Å². The molecule has 1 heterocycles. The molecule has 0 aliphatic carbocycles. The SMILES string of the molecule is CC1=NN(c2cc(S(=O)(=O)O)ccc2Cl)C(=O)[C@H]1N=Nc1ccc(S(=O)(=O)O)cc1. The largest absolute Gasteiger partial charge is 0.294 e. The van der Waals surface area contributed by atoms with Gasteiger partial charge in [-0.1, -0.05) is 11.6 Å². The number of carbonyl (C=O) groups is 1. The van der Waals surface area contributed by atoms with Crippen molar-refractivity contribution in [3.63, 3.8) is 0 Å². The molecular formula is C16H13ClN4O7S2. The zero-order valence-corrected chi connectivity index (χ0v) is 17.4. The molecule has 1 atom stereocenters. The van der Waals surface area contributed by atoms with Gasteiger partial charge in [-0.25, -0.2) is 0 Å². The van der Waals surface area contributed by atoms with Gasteiger partial charge in [0.25, 0.3) is 26.1 Å². The quantitative estimate of drug-likeness (QED) is 0.498. The number of nitrogens with zero attached hydrogens (tertiary/aromatic N) is 4. The molecule has 0 radical (unpaired) electrons. The molecular weight excluding hydrogens is 460 g/mol. The normalized spacial score (nSPS) is 17.6. The standard InChI is InChI=1S/C16H13ClN4O7S2/c1-9-15(19-18-10-2-4-11(5-3-10)29(23,24)25)16(22)21(20-9)14-8-12(30(26,27)28)6-7-13(14)17/h2-8,15H,1H3,(H,23,24,25)(H,26,27,28)/t15-/m0/s1. The second-order valence-corrected chi connectivity index (χ2v) is 9.32. The molecule has 3 rings (SSSR count). The highest BCUT2D eigenvalue weighted by Gasteiger charge is 2.36. The van der Waals surface area contributed by atoms with Crippen LogP contribution >= 0.6 is 11.6 Å². The minimum Gasteiger partial charge on any atom is -0.282 e. The summed E-state index contributed by atoms with van der Waals surface area (Å²) in [5.74, 6) is -0.666. The van der Waals surface area contributed by atoms with E-state index in [4.69, 9.17) is 16.2 Å². The van der Waals surface area contributed by atoms with Gasteiger partial charge in [-0.05, 0) is 49.4 Å². The van der Waals surface area contributed by atoms with Gasteiger partial charge in [0.2, 0.25) is 0 Å². The van der Waals surface area contributed by atoms with Gasteiger partial charge >= 0.3 is 0 Å². The van der Waals surface area contributed by atoms with Crippen LogP contribution in [0, 0.1) is 0 Å². The van der Waals surface area contributed by atoms with Gasteiger partial charge in [0.1, 0.15) is 0 Å². The van der Waals surface area contributed by atoms with E-state index in [-0.39, 0.29) is 27.0 Å². The number of rotatable bonds is 5. The topological polar surface area (TPSA) is 166 Å². The third-order valence-corrected chi connectivity index (χ3v) is 6.00. The molecule has 1 aliphatic rings. The molecule has 11 nitrogen and oxygen atoms in total. The number of hydrogen-bond donors (Lipinski definition) is 2. The average molecular weight is 473 g/mol. The maximum absolute atomic E-state index is 12.7. The van der Waals surface area contributed by atoms with E-state index in [1.807, 2.05) is 0 Å². The van der Waals surface area contributed by atoms with Crippen LogP contribution in [0.4, 0.5) is 11.4 Å². The minimum atomic E-state index is -4.52. The van der Waals surface area contributed by atoms with Gasteiger partial charge in [0.15, 0.2) is 6.04 Å². The molecule has 0 spiro atoms. The van der Waals surface area contributed by atoms with E-state index in [1.54, 1.807) is 0 Å². The van der Waals surface area contributed by atoms with E-state index in [2.05, 4.69) is 15.3 Å². The molecule has 0 fully saturated rings. The lowest BCUT2D eigenvalue weighted by molar-refractivity contribution is -0.117. The van der Waals surface area contributed by atoms with Crippen molar-refractivity contribution in [1.29, 1.82) is 0 Å². The van der Waals surface area contributed by atoms with Gasteiger partial charge in [-0.3, -0.25) is 13.9 Å². The Balaban J connectivity index is 1.87. The number of benzene rings is 2. The number of carbonyl (C=O) groups excluding carboxylic acids is 1. The number of halogens is 1. The first kappa shape index (κ1) is 22.0. The molecule has 1 aliphatic heterocycles. The van der Waals surface area contributed by atoms with Crippen molar-refractivity contribution >= 4 is 54.8 Å². The lowest BCUT2D eigenvalue weighted by Gasteiger charge is -2.15. The van der Waals surface area contributed by atoms with Gasteiger partial charge in [-0.15, -0.1) is 0 Å². The molecule has 0 unspecified atom stereocenters. The Morgan fingerprint density at radius 2 is 1.57 bits per heavy atom. The number of amides is 1. The van der Waals surface area contributed by atoms with E-state index in [1.165, 1.54) is 25.1 Å². The van der Waals surface area contributed by atoms with Crippen molar-refractivity contribution in [3.8, 4) is 0 Å². The number of azo groups is 1. The molecule has 0 saturated carbocycles. The fourth-order valence-electron chi connectivity index (χ4n) is 2.49. The van der Waals surface area contributed by atoms with E-state index >= 15 is 0 Å². The van der Waals surface area contributed by atoms with E-state index < -0.39 is 37.1 Å². The van der Waals surface area contributed by atoms with Crippen LogP contribution in [0.5, 0.6) is 0 Å². The van der Waals surface area contributed by atoms with Crippen LogP contribution in [0.2, 0.25) is 5.02 Å². The second-order valence-electron chi connectivity index (χ2n) is 6.07. The highest BCUT2D eigenvalue weighted by atomic mass is 35.5. The Hall–Kier alpha value is -2.71. The fourth-order valence-corrected chi connectivity index (χ4v) is 3.66. The summed E-state index contributed by atoms with van der Waals surface area (Å²) in [6, 6.07) is 6.94. The zero-order chi connectivity index (χ0) is 22.3. The maximum atomic E-state index is 12.7. The summed E-state index contributed by atoms with van der Waals surface area (Å²) in [5.41, 5.74) is 0.394. The first-order valence-corrected chi connectivity index (χ1v) is 11.3. The monoisotopic (exact) mass is 472 g/mol. The van der Waals surface area contributed by atoms with Crippen LogP contribution in [0.25, 0.3) is 0 Å². The molecule has 158 valence electrons. The summed E-state index contributed by atoms with van der Waals surface area (Å²) < 4.78 is 63.0. The summed E-state index contributed by atoms with van der Waals surface area (Å²) in [7, 11) is -8.87. The van der Waals surface area contributed by atoms with Gasteiger partial charge in [-0.2, -0.15) is 37.2 Å². The van der Waals surface area contributed by atoms with Crippen molar-refractivity contribution in [2.45, 2.75) is 22.8 Å².